The molecule has 0 radical (unpaired) electrons. The molecule has 136 valence electrons. The maximum atomic E-state index is 12.3. The van der Waals surface area contributed by atoms with E-state index in [1.165, 1.54) is 28.9 Å². The van der Waals surface area contributed by atoms with Gasteiger partial charge in [-0.05, 0) is 60.4 Å². The Balaban J connectivity index is 1.79. The Labute approximate surface area is 159 Å². The van der Waals surface area contributed by atoms with Crippen LogP contribution in [0.1, 0.15) is 62.9 Å². The molecule has 0 aliphatic heterocycles. The quantitative estimate of drug-likeness (QED) is 0.687. The molecule has 1 amide bonds. The molecule has 0 saturated carbocycles. The molecule has 1 N–H and O–H groups in total. The molecule has 3 nitrogen and oxygen atoms in total. The van der Waals surface area contributed by atoms with Crippen LogP contribution in [0, 0.1) is 5.41 Å². The van der Waals surface area contributed by atoms with Crippen LogP contribution in [-0.2, 0) is 0 Å². The van der Waals surface area contributed by atoms with E-state index in [-0.39, 0.29) is 5.91 Å². The number of carbonyl (C=O) groups excluding carboxylic acids is 1. The summed E-state index contributed by atoms with van der Waals surface area (Å²) in [6, 6.07) is 7.79. The van der Waals surface area contributed by atoms with E-state index in [2.05, 4.69) is 44.1 Å². The van der Waals surface area contributed by atoms with Crippen molar-refractivity contribution in [3.8, 4) is 0 Å². The van der Waals surface area contributed by atoms with Crippen LogP contribution in [0.4, 0.5) is 5.13 Å². The average molecular weight is 367 g/mol. The largest absolute Gasteiger partial charge is 0.298 e. The van der Waals surface area contributed by atoms with Crippen molar-refractivity contribution in [2.24, 2.45) is 5.41 Å². The van der Waals surface area contributed by atoms with Crippen LogP contribution in [0.3, 0.4) is 0 Å². The van der Waals surface area contributed by atoms with Gasteiger partial charge in [0.2, 0.25) is 0 Å². The number of hydrogen-bond acceptors (Lipinski definition) is 3. The van der Waals surface area contributed by atoms with Crippen LogP contribution >= 0.6 is 11.3 Å². The van der Waals surface area contributed by atoms with Crippen LogP contribution in [0.25, 0.3) is 6.08 Å². The molecule has 0 atom stereocenters. The van der Waals surface area contributed by atoms with Crippen molar-refractivity contribution in [1.29, 1.82) is 0 Å². The molecule has 1 aromatic carbocycles. The van der Waals surface area contributed by atoms with Gasteiger partial charge in [-0.15, -0.1) is 11.3 Å². The van der Waals surface area contributed by atoms with Gasteiger partial charge in [-0.2, -0.15) is 0 Å². The Hall–Kier alpha value is -2.20. The second kappa shape index (κ2) is 7.58. The fraction of sp³-hybridized carbons (Fsp3) is 0.364. The lowest BCUT2D eigenvalue weighted by molar-refractivity contribution is 0.102. The van der Waals surface area contributed by atoms with E-state index in [0.29, 0.717) is 16.1 Å². The van der Waals surface area contributed by atoms with Gasteiger partial charge >= 0.3 is 0 Å². The normalized spacial score (nSPS) is 18.2. The third kappa shape index (κ3) is 3.96. The number of carbonyl (C=O) groups is 1. The highest BCUT2D eigenvalue weighted by molar-refractivity contribution is 7.13. The Morgan fingerprint density at radius 2 is 2.04 bits per heavy atom. The number of thiazole rings is 1. The highest BCUT2D eigenvalue weighted by Crippen LogP contribution is 2.44. The molecule has 2 aromatic rings. The van der Waals surface area contributed by atoms with Crippen molar-refractivity contribution in [3.63, 3.8) is 0 Å². The van der Waals surface area contributed by atoms with Crippen LogP contribution in [-0.4, -0.2) is 10.9 Å². The van der Waals surface area contributed by atoms with Gasteiger partial charge in [0, 0.05) is 17.1 Å². The zero-order valence-electron chi connectivity index (χ0n) is 15.9. The number of hydrogen-bond donors (Lipinski definition) is 1. The third-order valence-corrected chi connectivity index (χ3v) is 5.98. The maximum absolute atomic E-state index is 12.3. The van der Waals surface area contributed by atoms with Gasteiger partial charge in [0.15, 0.2) is 5.13 Å². The summed E-state index contributed by atoms with van der Waals surface area (Å²) in [7, 11) is 0. The lowest BCUT2D eigenvalue weighted by atomic mass is 9.70. The van der Waals surface area contributed by atoms with Gasteiger partial charge < -0.3 is 0 Å². The standard InChI is InChI=1S/C22H26N2OS/c1-5-19-15(2)18(10-11-22(19,3)4)14-16-6-8-17(9-7-16)20(25)24-21-23-12-13-26-21/h6-9,12-14H,5,10-11H2,1-4H3,(H,23,24,25)/b18-14+. The molecule has 0 unspecified atom stereocenters. The Morgan fingerprint density at radius 1 is 1.31 bits per heavy atom. The molecular weight excluding hydrogens is 340 g/mol. The summed E-state index contributed by atoms with van der Waals surface area (Å²) in [5.74, 6) is -0.122. The molecule has 1 heterocycles. The molecular formula is C22H26N2OS. The van der Waals surface area contributed by atoms with Gasteiger partial charge in [0.1, 0.15) is 0 Å². The van der Waals surface area contributed by atoms with E-state index >= 15 is 0 Å². The highest BCUT2D eigenvalue weighted by atomic mass is 32.1. The molecule has 0 bridgehead atoms. The highest BCUT2D eigenvalue weighted by Gasteiger charge is 2.29. The van der Waals surface area contributed by atoms with Crippen LogP contribution in [0.5, 0.6) is 0 Å². The van der Waals surface area contributed by atoms with Gasteiger partial charge in [-0.25, -0.2) is 4.98 Å². The van der Waals surface area contributed by atoms with Gasteiger partial charge in [0.25, 0.3) is 5.91 Å². The van der Waals surface area contributed by atoms with Crippen LogP contribution < -0.4 is 5.32 Å². The van der Waals surface area contributed by atoms with Gasteiger partial charge in [-0.3, -0.25) is 10.1 Å². The molecule has 3 rings (SSSR count). The molecule has 0 fully saturated rings. The third-order valence-electron chi connectivity index (χ3n) is 5.29. The van der Waals surface area contributed by atoms with E-state index in [9.17, 15) is 4.79 Å². The Bertz CT molecular complexity index is 843. The second-order valence-corrected chi connectivity index (χ2v) is 8.32. The average Bonchev–Trinajstić information content (AvgIpc) is 3.11. The number of nitrogens with one attached hydrogen (secondary N) is 1. The zero-order valence-corrected chi connectivity index (χ0v) is 16.7. The molecule has 0 saturated heterocycles. The van der Waals surface area contributed by atoms with Crippen LogP contribution in [0.15, 0.2) is 52.6 Å². The summed E-state index contributed by atoms with van der Waals surface area (Å²) in [6.45, 7) is 9.20. The number of rotatable bonds is 4. The molecule has 26 heavy (non-hydrogen) atoms. The predicted molar refractivity (Wildman–Crippen MR) is 110 cm³/mol. The number of aromatic nitrogens is 1. The summed E-state index contributed by atoms with van der Waals surface area (Å²) in [5.41, 5.74) is 6.51. The minimum absolute atomic E-state index is 0.122. The summed E-state index contributed by atoms with van der Waals surface area (Å²) in [6.07, 6.45) is 7.35. The van der Waals surface area contributed by atoms with Crippen molar-refractivity contribution in [1.82, 2.24) is 4.98 Å². The molecule has 1 aliphatic carbocycles. The maximum Gasteiger partial charge on any atom is 0.257 e. The Morgan fingerprint density at radius 3 is 2.65 bits per heavy atom. The minimum Gasteiger partial charge on any atom is -0.298 e. The first-order valence-electron chi connectivity index (χ1n) is 9.13. The summed E-state index contributed by atoms with van der Waals surface area (Å²) in [5, 5.41) is 5.28. The molecule has 1 aliphatic rings. The van der Waals surface area contributed by atoms with E-state index in [1.54, 1.807) is 11.8 Å². The molecule has 0 spiro atoms. The number of amides is 1. The lowest BCUT2D eigenvalue weighted by Gasteiger charge is -2.35. The lowest BCUT2D eigenvalue weighted by Crippen LogP contribution is -2.21. The number of anilines is 1. The summed E-state index contributed by atoms with van der Waals surface area (Å²) in [4.78, 5) is 16.3. The first-order chi connectivity index (χ1) is 12.4. The first kappa shape index (κ1) is 18.6. The number of nitrogens with zero attached hydrogens (tertiary/aromatic N) is 1. The number of benzene rings is 1. The van der Waals surface area contributed by atoms with E-state index in [1.807, 2.05) is 29.6 Å². The van der Waals surface area contributed by atoms with Crippen molar-refractivity contribution in [3.05, 3.63) is 63.7 Å². The van der Waals surface area contributed by atoms with Crippen molar-refractivity contribution in [2.45, 2.75) is 47.0 Å². The SMILES string of the molecule is CCC1=C(C)/C(=C/c2ccc(C(=O)Nc3nccs3)cc2)CCC1(C)C. The first-order valence-corrected chi connectivity index (χ1v) is 10.0. The summed E-state index contributed by atoms with van der Waals surface area (Å²) < 4.78 is 0. The number of allylic oxidation sites excluding steroid dienone is 3. The monoisotopic (exact) mass is 366 g/mol. The minimum atomic E-state index is -0.122. The second-order valence-electron chi connectivity index (χ2n) is 7.42. The zero-order chi connectivity index (χ0) is 18.7. The van der Waals surface area contributed by atoms with Crippen molar-refractivity contribution < 1.29 is 4.79 Å². The topological polar surface area (TPSA) is 42.0 Å². The van der Waals surface area contributed by atoms with Crippen molar-refractivity contribution in [2.75, 3.05) is 5.32 Å². The fourth-order valence-corrected chi connectivity index (χ4v) is 4.32. The van der Waals surface area contributed by atoms with Gasteiger partial charge in [-0.1, -0.05) is 44.6 Å². The molecule has 1 aromatic heterocycles. The molecule has 4 heteroatoms. The predicted octanol–water partition coefficient (Wildman–Crippen LogP) is 6.33. The van der Waals surface area contributed by atoms with E-state index in [0.717, 1.165) is 18.4 Å². The Kier molecular flexibility index (Phi) is 5.42. The van der Waals surface area contributed by atoms with Gasteiger partial charge in [0.05, 0.1) is 0 Å². The van der Waals surface area contributed by atoms with Crippen LogP contribution in [0.2, 0.25) is 0 Å². The fourth-order valence-electron chi connectivity index (χ4n) is 3.80. The smallest absolute Gasteiger partial charge is 0.257 e. The summed E-state index contributed by atoms with van der Waals surface area (Å²) >= 11 is 1.42. The van der Waals surface area contributed by atoms with E-state index < -0.39 is 0 Å². The van der Waals surface area contributed by atoms with E-state index in [4.69, 9.17) is 0 Å². The van der Waals surface area contributed by atoms with Crippen molar-refractivity contribution >= 4 is 28.5 Å².